The van der Waals surface area contributed by atoms with Gasteiger partial charge in [0.1, 0.15) is 10.7 Å². The lowest BCUT2D eigenvalue weighted by molar-refractivity contribution is 0.309. The zero-order valence-corrected chi connectivity index (χ0v) is 14.6. The number of aromatic nitrogens is 4. The minimum Gasteiger partial charge on any atom is -0.346 e. The molecule has 0 aliphatic carbocycles. The first-order valence-electron chi connectivity index (χ1n) is 7.97. The topological polar surface area (TPSA) is 83.9 Å². The highest BCUT2D eigenvalue weighted by molar-refractivity contribution is 7.89. The van der Waals surface area contributed by atoms with E-state index in [9.17, 15) is 8.42 Å². The van der Waals surface area contributed by atoms with Crippen LogP contribution in [0, 0.1) is 13.8 Å². The van der Waals surface area contributed by atoms with Gasteiger partial charge in [0.25, 0.3) is 0 Å². The first-order valence-corrected chi connectivity index (χ1v) is 9.41. The number of sulfonamides is 1. The highest BCUT2D eigenvalue weighted by Gasteiger charge is 2.33. The molecule has 3 rings (SSSR count). The second-order valence-electron chi connectivity index (χ2n) is 6.06. The first kappa shape index (κ1) is 16.2. The number of nitrogens with zero attached hydrogens (tertiary/aromatic N) is 4. The van der Waals surface area contributed by atoms with Gasteiger partial charge in [-0.25, -0.2) is 13.4 Å². The van der Waals surface area contributed by atoms with Crippen LogP contribution in [0.2, 0.25) is 0 Å². The van der Waals surface area contributed by atoms with Gasteiger partial charge in [-0.15, -0.1) is 0 Å². The molecular formula is C15H23N5O2S. The lowest BCUT2D eigenvalue weighted by Gasteiger charge is -2.30. The Morgan fingerprint density at radius 3 is 2.74 bits per heavy atom. The van der Waals surface area contributed by atoms with Crippen molar-refractivity contribution in [2.45, 2.75) is 51.0 Å². The van der Waals surface area contributed by atoms with Crippen molar-refractivity contribution in [2.24, 2.45) is 0 Å². The molecule has 1 N–H and O–H groups in total. The largest absolute Gasteiger partial charge is 0.346 e. The Hall–Kier alpha value is -1.67. The zero-order chi connectivity index (χ0) is 16.6. The maximum Gasteiger partial charge on any atom is 0.246 e. The normalized spacial score (nSPS) is 20.0. The van der Waals surface area contributed by atoms with Gasteiger partial charge in [-0.1, -0.05) is 0 Å². The molecule has 1 unspecified atom stereocenters. The maximum absolute atomic E-state index is 13.0. The molecule has 0 spiro atoms. The molecule has 126 valence electrons. The van der Waals surface area contributed by atoms with E-state index in [2.05, 4.69) is 15.1 Å². The molecule has 1 saturated heterocycles. The Kier molecular flexibility index (Phi) is 4.29. The molecule has 2 aromatic heterocycles. The number of aryl methyl sites for hydroxylation is 2. The summed E-state index contributed by atoms with van der Waals surface area (Å²) in [6.07, 6.45) is 5.05. The SMILES string of the molecule is CCn1ncc(S(=O)(=O)N2CCCC(c3ncc(C)[nH]3)C2)c1C. The summed E-state index contributed by atoms with van der Waals surface area (Å²) in [5.74, 6) is 0.997. The van der Waals surface area contributed by atoms with Crippen LogP contribution in [-0.2, 0) is 16.6 Å². The summed E-state index contributed by atoms with van der Waals surface area (Å²) in [5, 5.41) is 4.17. The highest BCUT2D eigenvalue weighted by Crippen LogP contribution is 2.29. The second kappa shape index (κ2) is 6.09. The van der Waals surface area contributed by atoms with Gasteiger partial charge in [-0.05, 0) is 33.6 Å². The fourth-order valence-electron chi connectivity index (χ4n) is 3.16. The summed E-state index contributed by atoms with van der Waals surface area (Å²) in [6.45, 7) is 7.39. The van der Waals surface area contributed by atoms with E-state index in [-0.39, 0.29) is 5.92 Å². The molecule has 0 saturated carbocycles. The van der Waals surface area contributed by atoms with Gasteiger partial charge >= 0.3 is 0 Å². The molecule has 1 fully saturated rings. The molecular weight excluding hydrogens is 314 g/mol. The van der Waals surface area contributed by atoms with Crippen LogP contribution >= 0.6 is 0 Å². The second-order valence-corrected chi connectivity index (χ2v) is 7.97. The summed E-state index contributed by atoms with van der Waals surface area (Å²) in [6, 6.07) is 0. The van der Waals surface area contributed by atoms with E-state index in [1.165, 1.54) is 6.20 Å². The van der Waals surface area contributed by atoms with Gasteiger partial charge in [0, 0.05) is 37.4 Å². The number of rotatable bonds is 4. The van der Waals surface area contributed by atoms with Gasteiger partial charge in [0.2, 0.25) is 10.0 Å². The molecule has 0 aromatic carbocycles. The molecule has 1 aliphatic rings. The van der Waals surface area contributed by atoms with Crippen LogP contribution in [0.15, 0.2) is 17.3 Å². The minimum atomic E-state index is -3.51. The monoisotopic (exact) mass is 337 g/mol. The number of H-pyrrole nitrogens is 1. The standard InChI is InChI=1S/C15H23N5O2S/c1-4-20-12(3)14(9-17-20)23(21,22)19-7-5-6-13(10-19)15-16-8-11(2)18-15/h8-9,13H,4-7,10H2,1-3H3,(H,16,18). The van der Waals surface area contributed by atoms with E-state index in [0.717, 1.165) is 24.4 Å². The molecule has 3 heterocycles. The molecule has 1 aliphatic heterocycles. The number of nitrogens with one attached hydrogen (secondary N) is 1. The van der Waals surface area contributed by atoms with Gasteiger partial charge in [0.05, 0.1) is 11.9 Å². The molecule has 1 atom stereocenters. The van der Waals surface area contributed by atoms with Gasteiger partial charge in [-0.2, -0.15) is 9.40 Å². The van der Waals surface area contributed by atoms with Crippen molar-refractivity contribution < 1.29 is 8.42 Å². The summed E-state index contributed by atoms with van der Waals surface area (Å²) in [4.78, 5) is 7.92. The van der Waals surface area contributed by atoms with E-state index in [4.69, 9.17) is 0 Å². The molecule has 8 heteroatoms. The van der Waals surface area contributed by atoms with Gasteiger partial charge < -0.3 is 4.98 Å². The quantitative estimate of drug-likeness (QED) is 0.922. The fraction of sp³-hybridized carbons (Fsp3) is 0.600. The average molecular weight is 337 g/mol. The van der Waals surface area contributed by atoms with Crippen LogP contribution in [0.5, 0.6) is 0 Å². The van der Waals surface area contributed by atoms with Gasteiger partial charge in [-0.3, -0.25) is 4.68 Å². The summed E-state index contributed by atoms with van der Waals surface area (Å²) >= 11 is 0. The predicted octanol–water partition coefficient (Wildman–Crippen LogP) is 1.81. The third kappa shape index (κ3) is 2.92. The maximum atomic E-state index is 13.0. The Balaban J connectivity index is 1.86. The van der Waals surface area contributed by atoms with Crippen LogP contribution in [0.1, 0.15) is 42.9 Å². The van der Waals surface area contributed by atoms with Crippen molar-refractivity contribution in [2.75, 3.05) is 13.1 Å². The molecule has 0 bridgehead atoms. The minimum absolute atomic E-state index is 0.119. The zero-order valence-electron chi connectivity index (χ0n) is 13.8. The fourth-order valence-corrected chi connectivity index (χ4v) is 4.85. The first-order chi connectivity index (χ1) is 10.9. The summed E-state index contributed by atoms with van der Waals surface area (Å²) < 4.78 is 29.2. The number of aromatic amines is 1. The van der Waals surface area contributed by atoms with Crippen LogP contribution in [0.25, 0.3) is 0 Å². The van der Waals surface area contributed by atoms with Crippen molar-refractivity contribution in [3.63, 3.8) is 0 Å². The van der Waals surface area contributed by atoms with Gasteiger partial charge in [0.15, 0.2) is 0 Å². The van der Waals surface area contributed by atoms with Crippen molar-refractivity contribution in [1.29, 1.82) is 0 Å². The third-order valence-electron chi connectivity index (χ3n) is 4.47. The summed E-state index contributed by atoms with van der Waals surface area (Å²) in [5.41, 5.74) is 1.70. The number of imidazole rings is 1. The molecule has 0 amide bonds. The lowest BCUT2D eigenvalue weighted by atomic mass is 9.99. The molecule has 7 nitrogen and oxygen atoms in total. The predicted molar refractivity (Wildman–Crippen MR) is 86.7 cm³/mol. The highest BCUT2D eigenvalue weighted by atomic mass is 32.2. The number of piperidine rings is 1. The van der Waals surface area contributed by atoms with E-state index >= 15 is 0 Å². The van der Waals surface area contributed by atoms with Crippen LogP contribution in [0.3, 0.4) is 0 Å². The molecule has 0 radical (unpaired) electrons. The van der Waals surface area contributed by atoms with Crippen LogP contribution in [0.4, 0.5) is 0 Å². The van der Waals surface area contributed by atoms with Crippen molar-refractivity contribution in [3.05, 3.63) is 29.6 Å². The Morgan fingerprint density at radius 1 is 1.35 bits per heavy atom. The molecule has 2 aromatic rings. The van der Waals surface area contributed by atoms with Crippen molar-refractivity contribution in [1.82, 2.24) is 24.1 Å². The van der Waals surface area contributed by atoms with Crippen LogP contribution < -0.4 is 0 Å². The summed E-state index contributed by atoms with van der Waals surface area (Å²) in [7, 11) is -3.51. The number of hydrogen-bond donors (Lipinski definition) is 1. The van der Waals surface area contributed by atoms with E-state index in [1.54, 1.807) is 22.1 Å². The Bertz CT molecular complexity index is 793. The van der Waals surface area contributed by atoms with Crippen molar-refractivity contribution in [3.8, 4) is 0 Å². The van der Waals surface area contributed by atoms with Crippen LogP contribution in [-0.4, -0.2) is 45.6 Å². The average Bonchev–Trinajstić information content (AvgIpc) is 3.13. The third-order valence-corrected chi connectivity index (χ3v) is 6.44. The Morgan fingerprint density at radius 2 is 2.13 bits per heavy atom. The van der Waals surface area contributed by atoms with E-state index in [1.807, 2.05) is 13.8 Å². The van der Waals surface area contributed by atoms with E-state index in [0.29, 0.717) is 30.2 Å². The molecule has 23 heavy (non-hydrogen) atoms. The smallest absolute Gasteiger partial charge is 0.246 e. The lowest BCUT2D eigenvalue weighted by Crippen LogP contribution is -2.39. The van der Waals surface area contributed by atoms with Crippen molar-refractivity contribution >= 4 is 10.0 Å². The van der Waals surface area contributed by atoms with E-state index < -0.39 is 10.0 Å². The Labute approximate surface area is 136 Å². The number of hydrogen-bond acceptors (Lipinski definition) is 4.